The maximum Gasteiger partial charge on any atom is 0.313 e. The van der Waals surface area contributed by atoms with Crippen LogP contribution in [0.1, 0.15) is 29.8 Å². The van der Waals surface area contributed by atoms with Crippen molar-refractivity contribution >= 4 is 29.1 Å². The zero-order valence-electron chi connectivity index (χ0n) is 22.6. The summed E-state index contributed by atoms with van der Waals surface area (Å²) in [4.78, 5) is 41.9. The summed E-state index contributed by atoms with van der Waals surface area (Å²) in [5, 5.41) is 8.23. The van der Waals surface area contributed by atoms with Crippen molar-refractivity contribution in [2.75, 3.05) is 24.9 Å². The van der Waals surface area contributed by atoms with Crippen molar-refractivity contribution in [3.63, 3.8) is 0 Å². The molecule has 4 aromatic rings. The zero-order valence-corrected chi connectivity index (χ0v) is 22.6. The fraction of sp³-hybridized carbons (Fsp3) is 0.200. The van der Waals surface area contributed by atoms with Crippen molar-refractivity contribution in [3.8, 4) is 22.8 Å². The van der Waals surface area contributed by atoms with Gasteiger partial charge in [0.2, 0.25) is 0 Å². The summed E-state index contributed by atoms with van der Waals surface area (Å²) >= 11 is 0. The highest BCUT2D eigenvalue weighted by atomic mass is 16.5. The highest BCUT2D eigenvalue weighted by Gasteiger charge is 2.25. The van der Waals surface area contributed by atoms with E-state index >= 15 is 0 Å². The summed E-state index contributed by atoms with van der Waals surface area (Å²) in [6.07, 6.45) is 3.32. The third-order valence-corrected chi connectivity index (χ3v) is 6.02. The van der Waals surface area contributed by atoms with Crippen molar-refractivity contribution in [3.05, 3.63) is 90.4 Å². The van der Waals surface area contributed by atoms with Crippen molar-refractivity contribution in [2.24, 2.45) is 0 Å². The molecular formula is C30H30N4O6. The summed E-state index contributed by atoms with van der Waals surface area (Å²) in [5.74, 6) is -0.408. The first-order chi connectivity index (χ1) is 19.2. The molecule has 0 aliphatic rings. The molecule has 206 valence electrons. The Kier molecular flexibility index (Phi) is 8.48. The molecule has 0 spiro atoms. The lowest BCUT2D eigenvalue weighted by molar-refractivity contribution is -0.137. The number of rotatable bonds is 9. The van der Waals surface area contributed by atoms with Gasteiger partial charge >= 0.3 is 11.8 Å². The first kappa shape index (κ1) is 27.9. The average molecular weight is 543 g/mol. The molecular weight excluding hydrogens is 512 g/mol. The van der Waals surface area contributed by atoms with Gasteiger partial charge in [0.15, 0.2) is 12.2 Å². The largest absolute Gasteiger partial charge is 0.496 e. The van der Waals surface area contributed by atoms with Crippen LogP contribution in [0.2, 0.25) is 0 Å². The van der Waals surface area contributed by atoms with E-state index in [2.05, 4.69) is 20.9 Å². The van der Waals surface area contributed by atoms with Crippen LogP contribution in [0.5, 0.6) is 11.5 Å². The third-order valence-electron chi connectivity index (χ3n) is 6.02. The van der Waals surface area contributed by atoms with Crippen LogP contribution >= 0.6 is 0 Å². The molecule has 0 radical (unpaired) electrons. The van der Waals surface area contributed by atoms with Crippen LogP contribution in [0, 0.1) is 0 Å². The van der Waals surface area contributed by atoms with E-state index in [1.807, 2.05) is 26.0 Å². The fourth-order valence-corrected chi connectivity index (χ4v) is 4.16. The average Bonchev–Trinajstić information content (AvgIpc) is 3.48. The van der Waals surface area contributed by atoms with Crippen molar-refractivity contribution < 1.29 is 28.3 Å². The van der Waals surface area contributed by atoms with Crippen molar-refractivity contribution in [2.45, 2.75) is 25.8 Å². The number of carbonyl (C=O) groups excluding carboxylic acids is 3. The number of oxazole rings is 1. The molecule has 0 aliphatic heterocycles. The Morgan fingerprint density at radius 3 is 2.23 bits per heavy atom. The van der Waals surface area contributed by atoms with Crippen LogP contribution in [0.3, 0.4) is 0 Å². The second-order valence-corrected chi connectivity index (χ2v) is 9.60. The normalized spacial score (nSPS) is 10.9. The number of carbonyl (C=O) groups is 3. The van der Waals surface area contributed by atoms with Gasteiger partial charge in [-0.05, 0) is 62.2 Å². The maximum absolute atomic E-state index is 12.7. The van der Waals surface area contributed by atoms with E-state index in [1.165, 1.54) is 20.6 Å². The standard InChI is InChI=1S/C30H30N4O6/c1-30(2,16-19-9-11-20(12-10-19)32-27(35)23-7-5-6-8-24(23)38-3)34-29(37)28(36)33-21-13-14-22(25(15-21)39-4)26-17-31-18-40-26/h5-15,17-18H,16H2,1-4H3,(H,32,35)(H,33,36)(H,34,37). The van der Waals surface area contributed by atoms with E-state index in [9.17, 15) is 14.4 Å². The highest BCUT2D eigenvalue weighted by Crippen LogP contribution is 2.32. The molecule has 0 saturated carbocycles. The summed E-state index contributed by atoms with van der Waals surface area (Å²) < 4.78 is 16.0. The van der Waals surface area contributed by atoms with Crippen molar-refractivity contribution in [1.82, 2.24) is 10.3 Å². The minimum atomic E-state index is -0.808. The number of ether oxygens (including phenoxy) is 2. The van der Waals surface area contributed by atoms with Crippen LogP contribution in [-0.4, -0.2) is 42.5 Å². The Hall–Kier alpha value is -5.12. The molecule has 4 rings (SSSR count). The summed E-state index contributed by atoms with van der Waals surface area (Å²) in [5.41, 5.74) is 2.28. The lowest BCUT2D eigenvalue weighted by Gasteiger charge is -2.26. The number of hydrogen-bond acceptors (Lipinski definition) is 7. The van der Waals surface area contributed by atoms with Gasteiger partial charge in [0.1, 0.15) is 11.5 Å². The number of methoxy groups -OCH3 is 2. The molecule has 0 aliphatic carbocycles. The van der Waals surface area contributed by atoms with E-state index < -0.39 is 17.4 Å². The summed E-state index contributed by atoms with van der Waals surface area (Å²) in [6.45, 7) is 3.65. The molecule has 0 bridgehead atoms. The number of benzene rings is 3. The van der Waals surface area contributed by atoms with E-state index in [0.29, 0.717) is 46.2 Å². The van der Waals surface area contributed by atoms with Gasteiger partial charge in [-0.1, -0.05) is 24.3 Å². The SMILES string of the molecule is COc1ccccc1C(=O)Nc1ccc(CC(C)(C)NC(=O)C(=O)Nc2ccc(-c3cnco3)c(OC)c2)cc1. The van der Waals surface area contributed by atoms with Crippen molar-refractivity contribution in [1.29, 1.82) is 0 Å². The van der Waals surface area contributed by atoms with Crippen LogP contribution in [0.15, 0.2) is 83.7 Å². The number of hydrogen-bond donors (Lipinski definition) is 3. The molecule has 0 saturated heterocycles. The number of aromatic nitrogens is 1. The molecule has 0 fully saturated rings. The molecule has 0 unspecified atom stereocenters. The quantitative estimate of drug-likeness (QED) is 0.262. The lowest BCUT2D eigenvalue weighted by Crippen LogP contribution is -2.49. The van der Waals surface area contributed by atoms with Crippen LogP contribution in [0.4, 0.5) is 11.4 Å². The molecule has 1 heterocycles. The fourth-order valence-electron chi connectivity index (χ4n) is 4.16. The Morgan fingerprint density at radius 2 is 1.55 bits per heavy atom. The van der Waals surface area contributed by atoms with Gasteiger partial charge in [-0.25, -0.2) is 4.98 Å². The monoisotopic (exact) mass is 542 g/mol. The Morgan fingerprint density at radius 1 is 0.850 bits per heavy atom. The number of anilines is 2. The predicted octanol–water partition coefficient (Wildman–Crippen LogP) is 4.69. The van der Waals surface area contributed by atoms with Gasteiger partial charge in [0, 0.05) is 23.0 Å². The third kappa shape index (κ3) is 6.84. The second-order valence-electron chi connectivity index (χ2n) is 9.60. The van der Waals surface area contributed by atoms with E-state index in [1.54, 1.807) is 60.8 Å². The van der Waals surface area contributed by atoms with Crippen LogP contribution in [0.25, 0.3) is 11.3 Å². The van der Waals surface area contributed by atoms with Gasteiger partial charge in [-0.15, -0.1) is 0 Å². The van der Waals surface area contributed by atoms with Gasteiger partial charge < -0.3 is 29.8 Å². The van der Waals surface area contributed by atoms with Gasteiger partial charge in [0.25, 0.3) is 5.91 Å². The topological polar surface area (TPSA) is 132 Å². The number of amides is 3. The minimum Gasteiger partial charge on any atom is -0.496 e. The zero-order chi connectivity index (χ0) is 28.7. The van der Waals surface area contributed by atoms with Gasteiger partial charge in [0.05, 0.1) is 31.5 Å². The smallest absolute Gasteiger partial charge is 0.313 e. The molecule has 3 amide bonds. The van der Waals surface area contributed by atoms with Crippen LogP contribution < -0.4 is 25.4 Å². The Balaban J connectivity index is 1.33. The summed E-state index contributed by atoms with van der Waals surface area (Å²) in [7, 11) is 3.01. The second kappa shape index (κ2) is 12.2. The van der Waals surface area contributed by atoms with E-state index in [0.717, 1.165) is 5.56 Å². The first-order valence-electron chi connectivity index (χ1n) is 12.4. The summed E-state index contributed by atoms with van der Waals surface area (Å²) in [6, 6.07) is 19.2. The number of nitrogens with one attached hydrogen (secondary N) is 3. The van der Waals surface area contributed by atoms with Gasteiger partial charge in [-0.2, -0.15) is 0 Å². The predicted molar refractivity (Wildman–Crippen MR) is 150 cm³/mol. The molecule has 0 atom stereocenters. The highest BCUT2D eigenvalue weighted by molar-refractivity contribution is 6.39. The van der Waals surface area contributed by atoms with Gasteiger partial charge in [-0.3, -0.25) is 14.4 Å². The number of nitrogens with zero attached hydrogens (tertiary/aromatic N) is 1. The molecule has 10 nitrogen and oxygen atoms in total. The molecule has 40 heavy (non-hydrogen) atoms. The molecule has 3 aromatic carbocycles. The Bertz CT molecular complexity index is 1500. The Labute approximate surface area is 231 Å². The first-order valence-corrected chi connectivity index (χ1v) is 12.4. The minimum absolute atomic E-state index is 0.283. The molecule has 10 heteroatoms. The van der Waals surface area contributed by atoms with E-state index in [4.69, 9.17) is 13.9 Å². The number of para-hydroxylation sites is 1. The van der Waals surface area contributed by atoms with E-state index in [-0.39, 0.29) is 5.91 Å². The maximum atomic E-state index is 12.7. The lowest BCUT2D eigenvalue weighted by atomic mass is 9.94. The van der Waals surface area contributed by atoms with Crippen LogP contribution in [-0.2, 0) is 16.0 Å². The molecule has 3 N–H and O–H groups in total. The molecule has 1 aromatic heterocycles.